The monoisotopic (exact) mass is 215 g/mol. The van der Waals surface area contributed by atoms with Crippen LogP contribution in [0, 0.1) is 0 Å². The molecular formula is C9H17N3OS. The van der Waals surface area contributed by atoms with Crippen molar-refractivity contribution >= 4 is 11.3 Å². The maximum atomic E-state index is 5.65. The van der Waals surface area contributed by atoms with Crippen LogP contribution in [-0.2, 0) is 11.3 Å². The molecule has 0 bridgehead atoms. The van der Waals surface area contributed by atoms with Crippen molar-refractivity contribution in [2.45, 2.75) is 12.6 Å². The Bertz CT molecular complexity index is 240. The van der Waals surface area contributed by atoms with Crippen molar-refractivity contribution in [2.24, 2.45) is 5.73 Å². The third kappa shape index (κ3) is 3.34. The minimum absolute atomic E-state index is 0.265. The third-order valence-electron chi connectivity index (χ3n) is 2.15. The van der Waals surface area contributed by atoms with Gasteiger partial charge in [0.25, 0.3) is 0 Å². The first-order valence-electron chi connectivity index (χ1n) is 4.54. The summed E-state index contributed by atoms with van der Waals surface area (Å²) in [6.07, 6.45) is 0. The summed E-state index contributed by atoms with van der Waals surface area (Å²) in [5, 5.41) is 2.05. The molecule has 1 rings (SSSR count). The minimum atomic E-state index is 0.265. The highest BCUT2D eigenvalue weighted by atomic mass is 32.1. The van der Waals surface area contributed by atoms with E-state index in [0.29, 0.717) is 13.2 Å². The molecule has 80 valence electrons. The molecule has 0 spiro atoms. The van der Waals surface area contributed by atoms with E-state index < -0.39 is 0 Å². The highest BCUT2D eigenvalue weighted by molar-refractivity contribution is 7.07. The Morgan fingerprint density at radius 2 is 2.50 bits per heavy atom. The largest absolute Gasteiger partial charge is 0.383 e. The van der Waals surface area contributed by atoms with Gasteiger partial charge in [0.15, 0.2) is 0 Å². The summed E-state index contributed by atoms with van der Waals surface area (Å²) in [5.41, 5.74) is 8.58. The number of ether oxygens (including phenoxy) is 1. The summed E-state index contributed by atoms with van der Waals surface area (Å²) in [4.78, 5) is 6.39. The van der Waals surface area contributed by atoms with Crippen LogP contribution in [0.2, 0.25) is 0 Å². The molecule has 5 heteroatoms. The molecule has 4 nitrogen and oxygen atoms in total. The van der Waals surface area contributed by atoms with Crippen LogP contribution >= 0.6 is 11.3 Å². The predicted molar refractivity (Wildman–Crippen MR) is 58.3 cm³/mol. The van der Waals surface area contributed by atoms with Crippen LogP contribution in [0.15, 0.2) is 10.9 Å². The van der Waals surface area contributed by atoms with Gasteiger partial charge in [0.2, 0.25) is 0 Å². The standard InChI is InChI=1S/C9H17N3OS/c1-12(9(3-10)5-13-2)4-8-6-14-7-11-8/h6-7,9H,3-5,10H2,1-2H3. The molecule has 0 saturated heterocycles. The fraction of sp³-hybridized carbons (Fsp3) is 0.667. The van der Waals surface area contributed by atoms with Gasteiger partial charge >= 0.3 is 0 Å². The van der Waals surface area contributed by atoms with Crippen LogP contribution < -0.4 is 5.73 Å². The molecule has 0 aliphatic carbocycles. The Kier molecular flexibility index (Phi) is 5.03. The van der Waals surface area contributed by atoms with Crippen LogP contribution in [0.1, 0.15) is 5.69 Å². The minimum Gasteiger partial charge on any atom is -0.383 e. The van der Waals surface area contributed by atoms with Crippen LogP contribution in [0.4, 0.5) is 0 Å². The Labute approximate surface area is 88.7 Å². The van der Waals surface area contributed by atoms with Crippen molar-refractivity contribution in [3.8, 4) is 0 Å². The van der Waals surface area contributed by atoms with E-state index >= 15 is 0 Å². The lowest BCUT2D eigenvalue weighted by molar-refractivity contribution is 0.106. The molecule has 1 atom stereocenters. The zero-order chi connectivity index (χ0) is 10.4. The van der Waals surface area contributed by atoms with Gasteiger partial charge in [0.05, 0.1) is 17.8 Å². The first-order valence-corrected chi connectivity index (χ1v) is 5.48. The van der Waals surface area contributed by atoms with Crippen molar-refractivity contribution in [3.63, 3.8) is 0 Å². The van der Waals surface area contributed by atoms with Crippen LogP contribution in [0.3, 0.4) is 0 Å². The van der Waals surface area contributed by atoms with Crippen molar-refractivity contribution in [1.29, 1.82) is 0 Å². The summed E-state index contributed by atoms with van der Waals surface area (Å²) in [6.45, 7) is 2.10. The van der Waals surface area contributed by atoms with Crippen LogP contribution in [0.5, 0.6) is 0 Å². The van der Waals surface area contributed by atoms with E-state index in [1.54, 1.807) is 18.4 Å². The molecule has 1 aromatic heterocycles. The smallest absolute Gasteiger partial charge is 0.0795 e. The summed E-state index contributed by atoms with van der Waals surface area (Å²) >= 11 is 1.61. The van der Waals surface area contributed by atoms with Gasteiger partial charge < -0.3 is 10.5 Å². The summed E-state index contributed by atoms with van der Waals surface area (Å²) in [6, 6.07) is 0.265. The number of rotatable bonds is 6. The number of aromatic nitrogens is 1. The van der Waals surface area contributed by atoms with E-state index in [2.05, 4.69) is 15.3 Å². The van der Waals surface area contributed by atoms with Gasteiger partial charge in [-0.15, -0.1) is 11.3 Å². The Balaban J connectivity index is 2.43. The number of hydrogen-bond donors (Lipinski definition) is 1. The second kappa shape index (κ2) is 6.08. The fourth-order valence-corrected chi connectivity index (χ4v) is 1.82. The number of hydrogen-bond acceptors (Lipinski definition) is 5. The van der Waals surface area contributed by atoms with Crippen LogP contribution in [-0.4, -0.2) is 43.2 Å². The highest BCUT2D eigenvalue weighted by Crippen LogP contribution is 2.06. The lowest BCUT2D eigenvalue weighted by Crippen LogP contribution is -2.40. The SMILES string of the molecule is COCC(CN)N(C)Cc1cscn1. The Morgan fingerprint density at radius 3 is 3.00 bits per heavy atom. The molecule has 0 radical (unpaired) electrons. The van der Waals surface area contributed by atoms with E-state index in [9.17, 15) is 0 Å². The molecule has 0 saturated carbocycles. The maximum absolute atomic E-state index is 5.65. The second-order valence-electron chi connectivity index (χ2n) is 3.24. The Hall–Kier alpha value is -0.490. The molecule has 0 fully saturated rings. The molecule has 0 aliphatic rings. The highest BCUT2D eigenvalue weighted by Gasteiger charge is 2.13. The van der Waals surface area contributed by atoms with Crippen molar-refractivity contribution in [1.82, 2.24) is 9.88 Å². The summed E-state index contributed by atoms with van der Waals surface area (Å²) in [7, 11) is 3.73. The predicted octanol–water partition coefficient (Wildman–Crippen LogP) is 0.549. The lowest BCUT2D eigenvalue weighted by atomic mass is 10.2. The second-order valence-corrected chi connectivity index (χ2v) is 3.96. The van der Waals surface area contributed by atoms with E-state index in [1.807, 2.05) is 12.6 Å². The van der Waals surface area contributed by atoms with Crippen molar-refractivity contribution in [3.05, 3.63) is 16.6 Å². The lowest BCUT2D eigenvalue weighted by Gasteiger charge is -2.25. The Morgan fingerprint density at radius 1 is 1.71 bits per heavy atom. The van der Waals surface area contributed by atoms with Gasteiger partial charge in [-0.1, -0.05) is 0 Å². The van der Waals surface area contributed by atoms with Gasteiger partial charge in [-0.2, -0.15) is 0 Å². The fourth-order valence-electron chi connectivity index (χ4n) is 1.27. The number of methoxy groups -OCH3 is 1. The first kappa shape index (κ1) is 11.6. The first-order chi connectivity index (χ1) is 6.77. The molecule has 0 aromatic carbocycles. The van der Waals surface area contributed by atoms with Crippen molar-refractivity contribution < 1.29 is 4.74 Å². The third-order valence-corrected chi connectivity index (χ3v) is 2.78. The molecule has 2 N–H and O–H groups in total. The number of thiazole rings is 1. The number of nitrogens with zero attached hydrogens (tertiary/aromatic N) is 2. The van der Waals surface area contributed by atoms with Gasteiger partial charge in [-0.3, -0.25) is 4.90 Å². The molecule has 14 heavy (non-hydrogen) atoms. The van der Waals surface area contributed by atoms with Crippen molar-refractivity contribution in [2.75, 3.05) is 27.3 Å². The molecular weight excluding hydrogens is 198 g/mol. The zero-order valence-electron chi connectivity index (χ0n) is 8.64. The van der Waals surface area contributed by atoms with Gasteiger partial charge in [-0.05, 0) is 7.05 Å². The summed E-state index contributed by atoms with van der Waals surface area (Å²) in [5.74, 6) is 0. The van der Waals surface area contributed by atoms with Gasteiger partial charge in [-0.25, -0.2) is 4.98 Å². The van der Waals surface area contributed by atoms with Gasteiger partial charge in [0.1, 0.15) is 0 Å². The van der Waals surface area contributed by atoms with E-state index in [-0.39, 0.29) is 6.04 Å². The van der Waals surface area contributed by atoms with Crippen LogP contribution in [0.25, 0.3) is 0 Å². The van der Waals surface area contributed by atoms with Gasteiger partial charge in [0, 0.05) is 31.6 Å². The van der Waals surface area contributed by atoms with E-state index in [0.717, 1.165) is 12.2 Å². The topological polar surface area (TPSA) is 51.4 Å². The molecule has 1 aromatic rings. The average molecular weight is 215 g/mol. The van der Waals surface area contributed by atoms with E-state index in [1.165, 1.54) is 0 Å². The van der Waals surface area contributed by atoms with E-state index in [4.69, 9.17) is 10.5 Å². The average Bonchev–Trinajstić information content (AvgIpc) is 2.66. The number of likely N-dealkylation sites (N-methyl/N-ethyl adjacent to an activating group) is 1. The molecule has 1 heterocycles. The normalized spacial score (nSPS) is 13.4. The number of nitrogens with two attached hydrogens (primary N) is 1. The summed E-state index contributed by atoms with van der Waals surface area (Å²) < 4.78 is 5.10. The zero-order valence-corrected chi connectivity index (χ0v) is 9.46. The quantitative estimate of drug-likeness (QED) is 0.753. The molecule has 0 aliphatic heterocycles. The maximum Gasteiger partial charge on any atom is 0.0795 e. The molecule has 0 amide bonds. The molecule has 1 unspecified atom stereocenters.